The second-order valence-corrected chi connectivity index (χ2v) is 6.30. The van der Waals surface area contributed by atoms with Crippen LogP contribution in [-0.2, 0) is 0 Å². The van der Waals surface area contributed by atoms with E-state index in [2.05, 4.69) is 26.1 Å². The number of phenols is 1. The molecule has 1 aromatic carbocycles. The Bertz CT molecular complexity index is 411. The van der Waals surface area contributed by atoms with Gasteiger partial charge in [0, 0.05) is 17.8 Å². The van der Waals surface area contributed by atoms with Gasteiger partial charge in [0.1, 0.15) is 5.75 Å². The van der Waals surface area contributed by atoms with Gasteiger partial charge in [-0.1, -0.05) is 26.8 Å². The highest BCUT2D eigenvalue weighted by molar-refractivity contribution is 5.51. The zero-order chi connectivity index (χ0) is 12.6. The van der Waals surface area contributed by atoms with Gasteiger partial charge in [0.25, 0.3) is 0 Å². The van der Waals surface area contributed by atoms with Crippen LogP contribution in [0.3, 0.4) is 0 Å². The molecule has 0 aromatic heterocycles. The molecule has 0 saturated heterocycles. The molecule has 2 N–H and O–H groups in total. The maximum absolute atomic E-state index is 9.70. The highest BCUT2D eigenvalue weighted by Crippen LogP contribution is 2.42. The highest BCUT2D eigenvalue weighted by Gasteiger charge is 2.36. The Morgan fingerprint density at radius 1 is 1.29 bits per heavy atom. The summed E-state index contributed by atoms with van der Waals surface area (Å²) in [5, 5.41) is 13.3. The molecule has 1 saturated carbocycles. The Morgan fingerprint density at radius 2 is 2.00 bits per heavy atom. The summed E-state index contributed by atoms with van der Waals surface area (Å²) in [6.07, 6.45) is 2.46. The Balaban J connectivity index is 2.08. The first-order chi connectivity index (χ1) is 7.87. The number of aryl methyl sites for hydroxylation is 1. The van der Waals surface area contributed by atoms with E-state index >= 15 is 0 Å². The number of hydrogen-bond acceptors (Lipinski definition) is 2. The van der Waals surface area contributed by atoms with E-state index in [4.69, 9.17) is 0 Å². The fraction of sp³-hybridized carbons (Fsp3) is 0.600. The standard InChI is InChI=1S/C15H23NO/c1-10-5-6-12(7-14(10)17)16-13-9-15(3,4)8-11(13)2/h5-7,11,13,16-17H,8-9H2,1-4H3. The molecule has 2 nitrogen and oxygen atoms in total. The van der Waals surface area contributed by atoms with Crippen LogP contribution in [0, 0.1) is 18.3 Å². The van der Waals surface area contributed by atoms with E-state index in [0.29, 0.717) is 23.1 Å². The van der Waals surface area contributed by atoms with Crippen molar-refractivity contribution < 1.29 is 5.11 Å². The summed E-state index contributed by atoms with van der Waals surface area (Å²) < 4.78 is 0. The highest BCUT2D eigenvalue weighted by atomic mass is 16.3. The van der Waals surface area contributed by atoms with Crippen LogP contribution >= 0.6 is 0 Å². The molecule has 2 unspecified atom stereocenters. The summed E-state index contributed by atoms with van der Waals surface area (Å²) in [5.74, 6) is 1.06. The minimum atomic E-state index is 0.375. The third-order valence-corrected chi connectivity index (χ3v) is 3.90. The van der Waals surface area contributed by atoms with Crippen molar-refractivity contribution in [1.82, 2.24) is 0 Å². The van der Waals surface area contributed by atoms with E-state index in [9.17, 15) is 5.11 Å². The van der Waals surface area contributed by atoms with Crippen LogP contribution in [0.4, 0.5) is 5.69 Å². The molecular weight excluding hydrogens is 210 g/mol. The van der Waals surface area contributed by atoms with Crippen LogP contribution in [0.25, 0.3) is 0 Å². The van der Waals surface area contributed by atoms with Gasteiger partial charge in [-0.2, -0.15) is 0 Å². The fourth-order valence-electron chi connectivity index (χ4n) is 3.00. The van der Waals surface area contributed by atoms with Gasteiger partial charge in [0.15, 0.2) is 0 Å². The molecule has 0 radical (unpaired) electrons. The average Bonchev–Trinajstić information content (AvgIpc) is 2.46. The van der Waals surface area contributed by atoms with Crippen molar-refractivity contribution in [3.05, 3.63) is 23.8 Å². The molecule has 0 bridgehead atoms. The average molecular weight is 233 g/mol. The molecule has 2 rings (SSSR count). The van der Waals surface area contributed by atoms with E-state index in [1.807, 2.05) is 25.1 Å². The summed E-state index contributed by atoms with van der Waals surface area (Å²) >= 11 is 0. The molecular formula is C15H23NO. The summed E-state index contributed by atoms with van der Waals surface area (Å²) in [7, 11) is 0. The number of aromatic hydroxyl groups is 1. The van der Waals surface area contributed by atoms with Crippen molar-refractivity contribution >= 4 is 5.69 Å². The van der Waals surface area contributed by atoms with E-state index in [-0.39, 0.29) is 0 Å². The van der Waals surface area contributed by atoms with Gasteiger partial charge in [-0.25, -0.2) is 0 Å². The quantitative estimate of drug-likeness (QED) is 0.811. The third-order valence-electron chi connectivity index (χ3n) is 3.90. The smallest absolute Gasteiger partial charge is 0.120 e. The summed E-state index contributed by atoms with van der Waals surface area (Å²) in [6.45, 7) is 8.89. The first-order valence-electron chi connectivity index (χ1n) is 6.43. The van der Waals surface area contributed by atoms with Crippen molar-refractivity contribution in [2.24, 2.45) is 11.3 Å². The Labute approximate surface area is 104 Å². The van der Waals surface area contributed by atoms with Gasteiger partial charge in [-0.15, -0.1) is 0 Å². The van der Waals surface area contributed by atoms with Crippen molar-refractivity contribution in [3.8, 4) is 5.75 Å². The molecule has 1 aromatic rings. The molecule has 17 heavy (non-hydrogen) atoms. The number of rotatable bonds is 2. The van der Waals surface area contributed by atoms with Crippen LogP contribution in [0.15, 0.2) is 18.2 Å². The van der Waals surface area contributed by atoms with Crippen LogP contribution in [-0.4, -0.2) is 11.1 Å². The van der Waals surface area contributed by atoms with Gasteiger partial charge in [-0.05, 0) is 42.7 Å². The minimum Gasteiger partial charge on any atom is -0.508 e. The van der Waals surface area contributed by atoms with Gasteiger partial charge in [0.2, 0.25) is 0 Å². The number of anilines is 1. The predicted molar refractivity (Wildman–Crippen MR) is 72.4 cm³/mol. The normalized spacial score (nSPS) is 27.1. The zero-order valence-electron chi connectivity index (χ0n) is 11.2. The number of benzene rings is 1. The lowest BCUT2D eigenvalue weighted by atomic mass is 9.91. The van der Waals surface area contributed by atoms with E-state index in [0.717, 1.165) is 11.3 Å². The van der Waals surface area contributed by atoms with Crippen LogP contribution in [0.1, 0.15) is 39.2 Å². The topological polar surface area (TPSA) is 32.3 Å². The molecule has 1 aliphatic rings. The SMILES string of the molecule is Cc1ccc(NC2CC(C)(C)CC2C)cc1O. The molecule has 2 atom stereocenters. The molecule has 1 aliphatic carbocycles. The Hall–Kier alpha value is -1.18. The number of phenolic OH excluding ortho intramolecular Hbond substituents is 1. The van der Waals surface area contributed by atoms with Gasteiger partial charge in [-0.3, -0.25) is 0 Å². The van der Waals surface area contributed by atoms with Crippen molar-refractivity contribution in [2.75, 3.05) is 5.32 Å². The Kier molecular flexibility index (Phi) is 3.07. The molecule has 0 spiro atoms. The van der Waals surface area contributed by atoms with Crippen molar-refractivity contribution in [3.63, 3.8) is 0 Å². The maximum Gasteiger partial charge on any atom is 0.120 e. The molecule has 0 heterocycles. The Morgan fingerprint density at radius 3 is 2.53 bits per heavy atom. The maximum atomic E-state index is 9.70. The van der Waals surface area contributed by atoms with E-state index in [1.165, 1.54) is 12.8 Å². The van der Waals surface area contributed by atoms with Gasteiger partial charge in [0.05, 0.1) is 0 Å². The molecule has 2 heteroatoms. The fourth-order valence-corrected chi connectivity index (χ4v) is 3.00. The molecule has 0 aliphatic heterocycles. The molecule has 1 fully saturated rings. The molecule has 0 amide bonds. The van der Waals surface area contributed by atoms with Gasteiger partial charge < -0.3 is 10.4 Å². The predicted octanol–water partition coefficient (Wildman–Crippen LogP) is 3.94. The number of nitrogens with one attached hydrogen (secondary N) is 1. The largest absolute Gasteiger partial charge is 0.508 e. The van der Waals surface area contributed by atoms with Gasteiger partial charge >= 0.3 is 0 Å². The van der Waals surface area contributed by atoms with Crippen LogP contribution in [0.5, 0.6) is 5.75 Å². The van der Waals surface area contributed by atoms with Crippen LogP contribution in [0.2, 0.25) is 0 Å². The lowest BCUT2D eigenvalue weighted by Gasteiger charge is -2.20. The number of hydrogen-bond donors (Lipinski definition) is 2. The second-order valence-electron chi connectivity index (χ2n) is 6.30. The van der Waals surface area contributed by atoms with E-state index in [1.54, 1.807) is 0 Å². The lowest BCUT2D eigenvalue weighted by molar-refractivity contribution is 0.366. The summed E-state index contributed by atoms with van der Waals surface area (Å²) in [6, 6.07) is 6.36. The zero-order valence-corrected chi connectivity index (χ0v) is 11.2. The lowest BCUT2D eigenvalue weighted by Crippen LogP contribution is -2.22. The molecule has 94 valence electrons. The monoisotopic (exact) mass is 233 g/mol. The first-order valence-corrected chi connectivity index (χ1v) is 6.43. The van der Waals surface area contributed by atoms with Crippen molar-refractivity contribution in [2.45, 2.75) is 46.6 Å². The second kappa shape index (κ2) is 4.25. The summed E-state index contributed by atoms with van der Waals surface area (Å²) in [5.41, 5.74) is 2.39. The first kappa shape index (κ1) is 12.3. The van der Waals surface area contributed by atoms with E-state index < -0.39 is 0 Å². The summed E-state index contributed by atoms with van der Waals surface area (Å²) in [4.78, 5) is 0. The van der Waals surface area contributed by atoms with Crippen molar-refractivity contribution in [1.29, 1.82) is 0 Å². The minimum absolute atomic E-state index is 0.375. The third kappa shape index (κ3) is 2.74. The van der Waals surface area contributed by atoms with Crippen LogP contribution < -0.4 is 5.32 Å².